The first-order valence-electron chi connectivity index (χ1n) is 6.03. The van der Waals surface area contributed by atoms with Crippen LogP contribution in [-0.2, 0) is 0 Å². The molecule has 0 unspecified atom stereocenters. The minimum Gasteiger partial charge on any atom is -0.455 e. The van der Waals surface area contributed by atoms with E-state index < -0.39 is 0 Å². The molecule has 0 aliphatic carbocycles. The van der Waals surface area contributed by atoms with E-state index in [9.17, 15) is 0 Å². The molecule has 2 aromatic heterocycles. The standard InChI is InChI=1S/C15H13N3O/c1-11(17-18-15-8-4-5-9-16-15)14-10-12-6-2-3-7-13(12)19-14/h2-10H,1H3,(H,16,18). The third-order valence-electron chi connectivity index (χ3n) is 2.79. The van der Waals surface area contributed by atoms with Crippen molar-refractivity contribution in [1.82, 2.24) is 4.98 Å². The Morgan fingerprint density at radius 2 is 2.00 bits per heavy atom. The Morgan fingerprint density at radius 1 is 1.16 bits per heavy atom. The molecular formula is C15H13N3O. The number of aromatic nitrogens is 1. The number of rotatable bonds is 3. The van der Waals surface area contributed by atoms with Gasteiger partial charge in [0.2, 0.25) is 0 Å². The largest absolute Gasteiger partial charge is 0.455 e. The van der Waals surface area contributed by atoms with Crippen LogP contribution in [0.3, 0.4) is 0 Å². The van der Waals surface area contributed by atoms with Crippen LogP contribution in [0.2, 0.25) is 0 Å². The van der Waals surface area contributed by atoms with Gasteiger partial charge in [-0.3, -0.25) is 5.43 Å². The van der Waals surface area contributed by atoms with Crippen LogP contribution < -0.4 is 5.43 Å². The number of hydrogen-bond donors (Lipinski definition) is 1. The summed E-state index contributed by atoms with van der Waals surface area (Å²) in [6, 6.07) is 15.5. The molecule has 0 bridgehead atoms. The molecular weight excluding hydrogens is 238 g/mol. The second kappa shape index (κ2) is 4.94. The highest BCUT2D eigenvalue weighted by Gasteiger charge is 2.05. The lowest BCUT2D eigenvalue weighted by molar-refractivity contribution is 0.604. The second-order valence-corrected chi connectivity index (χ2v) is 4.17. The normalized spacial score (nSPS) is 11.7. The van der Waals surface area contributed by atoms with E-state index in [1.54, 1.807) is 6.20 Å². The molecule has 19 heavy (non-hydrogen) atoms. The lowest BCUT2D eigenvalue weighted by atomic mass is 10.2. The summed E-state index contributed by atoms with van der Waals surface area (Å²) in [4.78, 5) is 4.14. The van der Waals surface area contributed by atoms with Crippen molar-refractivity contribution in [2.75, 3.05) is 5.43 Å². The summed E-state index contributed by atoms with van der Waals surface area (Å²) >= 11 is 0. The van der Waals surface area contributed by atoms with Gasteiger partial charge >= 0.3 is 0 Å². The zero-order valence-electron chi connectivity index (χ0n) is 10.5. The number of benzene rings is 1. The quantitative estimate of drug-likeness (QED) is 0.571. The average molecular weight is 251 g/mol. The van der Waals surface area contributed by atoms with Gasteiger partial charge in [0.1, 0.15) is 17.1 Å². The molecule has 0 saturated heterocycles. The maximum absolute atomic E-state index is 5.73. The molecule has 94 valence electrons. The first kappa shape index (κ1) is 11.5. The summed E-state index contributed by atoms with van der Waals surface area (Å²) in [6.07, 6.45) is 1.72. The van der Waals surface area contributed by atoms with Crippen molar-refractivity contribution in [3.8, 4) is 0 Å². The van der Waals surface area contributed by atoms with Crippen LogP contribution in [0.5, 0.6) is 0 Å². The van der Waals surface area contributed by atoms with E-state index in [4.69, 9.17) is 4.42 Å². The SMILES string of the molecule is CC(=NNc1ccccn1)c1cc2ccccc2o1. The number of hydrazone groups is 1. The van der Waals surface area contributed by atoms with Crippen LogP contribution in [0, 0.1) is 0 Å². The fraction of sp³-hybridized carbons (Fsp3) is 0.0667. The lowest BCUT2D eigenvalue weighted by Gasteiger charge is -1.99. The molecule has 0 aliphatic rings. The van der Waals surface area contributed by atoms with Crippen LogP contribution in [0.1, 0.15) is 12.7 Å². The fourth-order valence-corrected chi connectivity index (χ4v) is 1.79. The Labute approximate surface area is 110 Å². The number of nitrogens with one attached hydrogen (secondary N) is 1. The summed E-state index contributed by atoms with van der Waals surface area (Å²) < 4.78 is 5.73. The maximum Gasteiger partial charge on any atom is 0.151 e. The molecule has 0 spiro atoms. The number of pyridine rings is 1. The summed E-state index contributed by atoms with van der Waals surface area (Å²) in [6.45, 7) is 1.90. The number of fused-ring (bicyclic) bond motifs is 1. The molecule has 0 fully saturated rings. The van der Waals surface area contributed by atoms with Crippen LogP contribution in [0.4, 0.5) is 5.82 Å². The molecule has 0 atom stereocenters. The van der Waals surface area contributed by atoms with Gasteiger partial charge in [0, 0.05) is 11.6 Å². The number of nitrogens with zero attached hydrogens (tertiary/aromatic N) is 2. The van der Waals surface area contributed by atoms with Gasteiger partial charge in [0.25, 0.3) is 0 Å². The van der Waals surface area contributed by atoms with E-state index in [0.717, 1.165) is 22.4 Å². The Morgan fingerprint density at radius 3 is 2.79 bits per heavy atom. The van der Waals surface area contributed by atoms with E-state index >= 15 is 0 Å². The van der Waals surface area contributed by atoms with Gasteiger partial charge in [-0.05, 0) is 31.2 Å². The van der Waals surface area contributed by atoms with Crippen molar-refractivity contribution < 1.29 is 4.42 Å². The Kier molecular flexibility index (Phi) is 2.98. The zero-order valence-corrected chi connectivity index (χ0v) is 10.5. The smallest absolute Gasteiger partial charge is 0.151 e. The van der Waals surface area contributed by atoms with E-state index in [1.807, 2.05) is 55.5 Å². The number of para-hydroxylation sites is 1. The Hall–Kier alpha value is -2.62. The topological polar surface area (TPSA) is 50.4 Å². The summed E-state index contributed by atoms with van der Waals surface area (Å²) in [5, 5.41) is 5.34. The van der Waals surface area contributed by atoms with Gasteiger partial charge in [-0.15, -0.1) is 0 Å². The predicted octanol–water partition coefficient (Wildman–Crippen LogP) is 3.66. The van der Waals surface area contributed by atoms with Gasteiger partial charge in [-0.2, -0.15) is 5.10 Å². The zero-order chi connectivity index (χ0) is 13.1. The molecule has 1 aromatic carbocycles. The van der Waals surface area contributed by atoms with E-state index in [0.29, 0.717) is 5.82 Å². The highest BCUT2D eigenvalue weighted by Crippen LogP contribution is 2.19. The molecule has 3 rings (SSSR count). The molecule has 4 heteroatoms. The van der Waals surface area contributed by atoms with Crippen molar-refractivity contribution in [3.63, 3.8) is 0 Å². The van der Waals surface area contributed by atoms with Crippen LogP contribution in [0.15, 0.2) is 64.2 Å². The monoisotopic (exact) mass is 251 g/mol. The number of anilines is 1. The van der Waals surface area contributed by atoms with Gasteiger partial charge in [0.15, 0.2) is 5.76 Å². The summed E-state index contributed by atoms with van der Waals surface area (Å²) in [5.74, 6) is 1.46. The molecule has 0 amide bonds. The second-order valence-electron chi connectivity index (χ2n) is 4.17. The van der Waals surface area contributed by atoms with Gasteiger partial charge in [-0.1, -0.05) is 24.3 Å². The van der Waals surface area contributed by atoms with E-state index in [1.165, 1.54) is 0 Å². The molecule has 0 radical (unpaired) electrons. The van der Waals surface area contributed by atoms with Crippen LogP contribution in [-0.4, -0.2) is 10.7 Å². The van der Waals surface area contributed by atoms with Gasteiger partial charge < -0.3 is 4.42 Å². The minimum absolute atomic E-state index is 0.706. The molecule has 2 heterocycles. The van der Waals surface area contributed by atoms with Crippen molar-refractivity contribution in [3.05, 3.63) is 60.5 Å². The third-order valence-corrected chi connectivity index (χ3v) is 2.79. The Bertz CT molecular complexity index is 683. The Balaban J connectivity index is 1.85. The lowest BCUT2D eigenvalue weighted by Crippen LogP contribution is -1.99. The maximum atomic E-state index is 5.73. The highest BCUT2D eigenvalue weighted by molar-refractivity contribution is 6.00. The average Bonchev–Trinajstić information content (AvgIpc) is 2.90. The van der Waals surface area contributed by atoms with Crippen molar-refractivity contribution in [1.29, 1.82) is 0 Å². The minimum atomic E-state index is 0.706. The van der Waals surface area contributed by atoms with E-state index in [-0.39, 0.29) is 0 Å². The summed E-state index contributed by atoms with van der Waals surface area (Å²) in [7, 11) is 0. The van der Waals surface area contributed by atoms with Crippen LogP contribution >= 0.6 is 0 Å². The van der Waals surface area contributed by atoms with Crippen molar-refractivity contribution in [2.24, 2.45) is 5.10 Å². The van der Waals surface area contributed by atoms with Gasteiger partial charge in [0.05, 0.1) is 0 Å². The fourth-order valence-electron chi connectivity index (χ4n) is 1.79. The molecule has 0 saturated carbocycles. The molecule has 4 nitrogen and oxygen atoms in total. The summed E-state index contributed by atoms with van der Waals surface area (Å²) in [5.41, 5.74) is 4.55. The van der Waals surface area contributed by atoms with Crippen molar-refractivity contribution in [2.45, 2.75) is 6.92 Å². The van der Waals surface area contributed by atoms with Crippen LogP contribution in [0.25, 0.3) is 11.0 Å². The number of furan rings is 1. The number of hydrogen-bond acceptors (Lipinski definition) is 4. The molecule has 0 aliphatic heterocycles. The first-order chi connectivity index (χ1) is 9.33. The first-order valence-corrected chi connectivity index (χ1v) is 6.03. The molecule has 1 N–H and O–H groups in total. The highest BCUT2D eigenvalue weighted by atomic mass is 16.3. The molecule has 3 aromatic rings. The van der Waals surface area contributed by atoms with Gasteiger partial charge in [-0.25, -0.2) is 4.98 Å². The third kappa shape index (κ3) is 2.47. The predicted molar refractivity (Wildman–Crippen MR) is 76.3 cm³/mol. The van der Waals surface area contributed by atoms with E-state index in [2.05, 4.69) is 15.5 Å². The van der Waals surface area contributed by atoms with Crippen molar-refractivity contribution >= 4 is 22.5 Å².